The summed E-state index contributed by atoms with van der Waals surface area (Å²) in [6.07, 6.45) is 1.00. The predicted octanol–water partition coefficient (Wildman–Crippen LogP) is 2.53. The van der Waals surface area contributed by atoms with Crippen molar-refractivity contribution < 1.29 is 9.47 Å². The van der Waals surface area contributed by atoms with Gasteiger partial charge in [0.2, 0.25) is 0 Å². The molecule has 1 aliphatic rings. The third-order valence-corrected chi connectivity index (χ3v) is 3.29. The topological polar surface area (TPSA) is 44.5 Å². The molecule has 3 nitrogen and oxygen atoms in total. The Kier molecular flexibility index (Phi) is 3.38. The largest absolute Gasteiger partial charge is 0.489 e. The first-order chi connectivity index (χ1) is 9.35. The molecule has 0 aromatic heterocycles. The van der Waals surface area contributed by atoms with Gasteiger partial charge in [0.25, 0.3) is 0 Å². The molecule has 0 amide bonds. The van der Waals surface area contributed by atoms with E-state index >= 15 is 0 Å². The third-order valence-electron chi connectivity index (χ3n) is 3.29. The molecule has 19 heavy (non-hydrogen) atoms. The van der Waals surface area contributed by atoms with Gasteiger partial charge in [-0.25, -0.2) is 0 Å². The summed E-state index contributed by atoms with van der Waals surface area (Å²) in [6, 6.07) is 16.1. The van der Waals surface area contributed by atoms with E-state index in [0.29, 0.717) is 13.2 Å². The molecular weight excluding hydrogens is 238 g/mol. The lowest BCUT2D eigenvalue weighted by molar-refractivity contribution is 0.239. The zero-order valence-corrected chi connectivity index (χ0v) is 10.7. The first-order valence-electron chi connectivity index (χ1n) is 6.51. The molecule has 0 saturated carbocycles. The van der Waals surface area contributed by atoms with Crippen LogP contribution in [0.1, 0.15) is 11.1 Å². The van der Waals surface area contributed by atoms with Crippen molar-refractivity contribution in [3.63, 3.8) is 0 Å². The smallest absolute Gasteiger partial charge is 0.126 e. The van der Waals surface area contributed by atoms with Gasteiger partial charge in [-0.3, -0.25) is 0 Å². The van der Waals surface area contributed by atoms with Gasteiger partial charge in [0, 0.05) is 19.0 Å². The average Bonchev–Trinajstić information content (AvgIpc) is 2.88. The van der Waals surface area contributed by atoms with Crippen molar-refractivity contribution in [1.29, 1.82) is 0 Å². The Morgan fingerprint density at radius 1 is 1.16 bits per heavy atom. The van der Waals surface area contributed by atoms with Crippen LogP contribution in [0.5, 0.6) is 11.5 Å². The molecule has 2 aromatic carbocycles. The van der Waals surface area contributed by atoms with Crippen LogP contribution in [0.2, 0.25) is 0 Å². The summed E-state index contributed by atoms with van der Waals surface area (Å²) in [6.45, 7) is 1.12. The van der Waals surface area contributed by atoms with E-state index in [1.165, 1.54) is 5.56 Å². The van der Waals surface area contributed by atoms with Gasteiger partial charge in [0.1, 0.15) is 24.2 Å². The zero-order valence-electron chi connectivity index (χ0n) is 10.7. The van der Waals surface area contributed by atoms with Crippen LogP contribution in [0, 0.1) is 0 Å². The second kappa shape index (κ2) is 5.33. The summed E-state index contributed by atoms with van der Waals surface area (Å²) in [7, 11) is 0. The molecule has 1 aliphatic heterocycles. The van der Waals surface area contributed by atoms with Gasteiger partial charge in [-0.2, -0.15) is 0 Å². The van der Waals surface area contributed by atoms with Crippen molar-refractivity contribution in [3.05, 3.63) is 59.7 Å². The first-order valence-corrected chi connectivity index (χ1v) is 6.51. The molecule has 0 radical (unpaired) electrons. The van der Waals surface area contributed by atoms with Crippen LogP contribution >= 0.6 is 0 Å². The fourth-order valence-corrected chi connectivity index (χ4v) is 2.24. The van der Waals surface area contributed by atoms with Crippen molar-refractivity contribution >= 4 is 0 Å². The van der Waals surface area contributed by atoms with Gasteiger partial charge in [-0.1, -0.05) is 36.4 Å². The Hall–Kier alpha value is -2.00. The van der Waals surface area contributed by atoms with E-state index in [0.717, 1.165) is 23.5 Å². The van der Waals surface area contributed by atoms with Crippen LogP contribution in [0.15, 0.2) is 48.5 Å². The van der Waals surface area contributed by atoms with Crippen molar-refractivity contribution in [1.82, 2.24) is 0 Å². The maximum Gasteiger partial charge on any atom is 0.126 e. The van der Waals surface area contributed by atoms with Gasteiger partial charge in [0.15, 0.2) is 0 Å². The van der Waals surface area contributed by atoms with Gasteiger partial charge in [0.05, 0.1) is 0 Å². The summed E-state index contributed by atoms with van der Waals surface area (Å²) in [5.41, 5.74) is 8.00. The maximum absolute atomic E-state index is 5.77. The summed E-state index contributed by atoms with van der Waals surface area (Å²) >= 11 is 0. The normalized spacial score (nSPS) is 16.8. The van der Waals surface area contributed by atoms with Crippen molar-refractivity contribution in [2.45, 2.75) is 19.1 Å². The number of benzene rings is 2. The molecule has 98 valence electrons. The van der Waals surface area contributed by atoms with E-state index in [1.807, 2.05) is 42.5 Å². The molecule has 1 atom stereocenters. The molecule has 0 fully saturated rings. The molecule has 2 N–H and O–H groups in total. The van der Waals surface area contributed by atoms with Crippen LogP contribution in [0.3, 0.4) is 0 Å². The second-order valence-electron chi connectivity index (χ2n) is 4.72. The molecule has 0 aliphatic carbocycles. The molecule has 2 aromatic rings. The number of ether oxygens (including phenoxy) is 2. The maximum atomic E-state index is 5.77. The monoisotopic (exact) mass is 255 g/mol. The number of nitrogens with two attached hydrogens (primary N) is 1. The Labute approximate surface area is 113 Å². The molecular formula is C16H17NO2. The fraction of sp³-hybridized carbons (Fsp3) is 0.250. The highest BCUT2D eigenvalue weighted by molar-refractivity contribution is 5.43. The van der Waals surface area contributed by atoms with Crippen LogP contribution in [0.25, 0.3) is 0 Å². The van der Waals surface area contributed by atoms with E-state index in [2.05, 4.69) is 6.07 Å². The minimum Gasteiger partial charge on any atom is -0.489 e. The van der Waals surface area contributed by atoms with Crippen molar-refractivity contribution in [2.24, 2.45) is 5.73 Å². The number of hydrogen-bond donors (Lipinski definition) is 1. The van der Waals surface area contributed by atoms with E-state index in [1.54, 1.807) is 0 Å². The van der Waals surface area contributed by atoms with Crippen LogP contribution in [0.4, 0.5) is 0 Å². The van der Waals surface area contributed by atoms with E-state index in [4.69, 9.17) is 15.2 Å². The molecule has 3 rings (SSSR count). The molecule has 1 heterocycles. The molecule has 0 bridgehead atoms. The van der Waals surface area contributed by atoms with Gasteiger partial charge < -0.3 is 15.2 Å². The van der Waals surface area contributed by atoms with E-state index in [-0.39, 0.29) is 6.10 Å². The lowest BCUT2D eigenvalue weighted by Crippen LogP contribution is -2.24. The Bertz CT molecular complexity index is 554. The minimum absolute atomic E-state index is 0.111. The molecule has 3 heteroatoms. The quantitative estimate of drug-likeness (QED) is 0.913. The summed E-state index contributed by atoms with van der Waals surface area (Å²) < 4.78 is 11.5. The fourth-order valence-electron chi connectivity index (χ4n) is 2.24. The Morgan fingerprint density at radius 2 is 2.00 bits per heavy atom. The molecule has 1 unspecified atom stereocenters. The van der Waals surface area contributed by atoms with Crippen molar-refractivity contribution in [2.75, 3.05) is 6.54 Å². The Morgan fingerprint density at radius 3 is 2.79 bits per heavy atom. The van der Waals surface area contributed by atoms with Crippen LogP contribution < -0.4 is 15.2 Å². The first kappa shape index (κ1) is 12.1. The SMILES string of the molecule is NCC1Cc2ccc(OCc3ccccc3)cc2O1. The average molecular weight is 255 g/mol. The minimum atomic E-state index is 0.111. The summed E-state index contributed by atoms with van der Waals surface area (Å²) in [5.74, 6) is 1.74. The van der Waals surface area contributed by atoms with E-state index < -0.39 is 0 Å². The van der Waals surface area contributed by atoms with E-state index in [9.17, 15) is 0 Å². The Balaban J connectivity index is 1.67. The zero-order chi connectivity index (χ0) is 13.1. The lowest BCUT2D eigenvalue weighted by atomic mass is 10.1. The second-order valence-corrected chi connectivity index (χ2v) is 4.72. The summed E-state index contributed by atoms with van der Waals surface area (Å²) in [5, 5.41) is 0. The van der Waals surface area contributed by atoms with Crippen LogP contribution in [-0.4, -0.2) is 12.6 Å². The standard InChI is InChI=1S/C16H17NO2/c17-10-15-8-13-6-7-14(9-16(13)19-15)18-11-12-4-2-1-3-5-12/h1-7,9,15H,8,10-11,17H2. The number of hydrogen-bond acceptors (Lipinski definition) is 3. The highest BCUT2D eigenvalue weighted by atomic mass is 16.5. The lowest BCUT2D eigenvalue weighted by Gasteiger charge is -2.09. The van der Waals surface area contributed by atoms with Gasteiger partial charge >= 0.3 is 0 Å². The van der Waals surface area contributed by atoms with Crippen LogP contribution in [-0.2, 0) is 13.0 Å². The molecule has 0 spiro atoms. The summed E-state index contributed by atoms with van der Waals surface area (Å²) in [4.78, 5) is 0. The van der Waals surface area contributed by atoms with Gasteiger partial charge in [-0.05, 0) is 17.2 Å². The number of fused-ring (bicyclic) bond motifs is 1. The highest BCUT2D eigenvalue weighted by Gasteiger charge is 2.21. The number of rotatable bonds is 4. The van der Waals surface area contributed by atoms with Crippen molar-refractivity contribution in [3.8, 4) is 11.5 Å². The predicted molar refractivity (Wildman–Crippen MR) is 74.4 cm³/mol. The van der Waals surface area contributed by atoms with Gasteiger partial charge in [-0.15, -0.1) is 0 Å². The highest BCUT2D eigenvalue weighted by Crippen LogP contribution is 2.32. The molecule has 0 saturated heterocycles. The third kappa shape index (κ3) is 2.71.